The van der Waals surface area contributed by atoms with Crippen LogP contribution in [0.15, 0.2) is 0 Å². The van der Waals surface area contributed by atoms with Gasteiger partial charge in [0, 0.05) is 32.1 Å². The van der Waals surface area contributed by atoms with Gasteiger partial charge in [-0.15, -0.1) is 0 Å². The van der Waals surface area contributed by atoms with Crippen LogP contribution in [0.5, 0.6) is 0 Å². The minimum absolute atomic E-state index is 0.0220. The number of rotatable bonds is 4. The minimum atomic E-state index is -4.34. The van der Waals surface area contributed by atoms with E-state index in [9.17, 15) is 22.8 Å². The molecule has 3 atom stereocenters. The molecule has 1 saturated heterocycles. The predicted molar refractivity (Wildman–Crippen MR) is 82.9 cm³/mol. The number of nitrogens with two attached hydrogens (primary N) is 1. The van der Waals surface area contributed by atoms with Gasteiger partial charge in [0.2, 0.25) is 11.8 Å². The second-order valence-corrected chi connectivity index (χ2v) is 6.74. The first-order valence-electron chi connectivity index (χ1n) is 8.68. The Morgan fingerprint density at radius 1 is 1.12 bits per heavy atom. The van der Waals surface area contributed by atoms with Gasteiger partial charge in [-0.25, -0.2) is 0 Å². The van der Waals surface area contributed by atoms with Crippen LogP contribution in [0.4, 0.5) is 13.2 Å². The number of nitrogens with one attached hydrogen (secondary N) is 1. The second kappa shape index (κ2) is 8.18. The zero-order valence-corrected chi connectivity index (χ0v) is 13.8. The van der Waals surface area contributed by atoms with E-state index in [1.165, 1.54) is 4.90 Å². The van der Waals surface area contributed by atoms with Crippen LogP contribution in [-0.4, -0.2) is 49.1 Å². The van der Waals surface area contributed by atoms with Gasteiger partial charge in [0.1, 0.15) is 0 Å². The molecule has 1 aliphatic carbocycles. The summed E-state index contributed by atoms with van der Waals surface area (Å²) in [5.74, 6) is -3.51. The maximum atomic E-state index is 13.2. The maximum Gasteiger partial charge on any atom is 0.392 e. The van der Waals surface area contributed by atoms with Gasteiger partial charge in [0.15, 0.2) is 0 Å². The fourth-order valence-electron chi connectivity index (χ4n) is 3.78. The lowest BCUT2D eigenvalue weighted by Crippen LogP contribution is -2.50. The Bertz CT molecular complexity index is 456. The van der Waals surface area contributed by atoms with Crippen LogP contribution in [0.2, 0.25) is 0 Å². The highest BCUT2D eigenvalue weighted by Gasteiger charge is 2.49. The molecule has 2 amide bonds. The topological polar surface area (TPSA) is 75.4 Å². The number of halogens is 3. The molecule has 3 unspecified atom stereocenters. The number of piperidine rings is 1. The van der Waals surface area contributed by atoms with Crippen molar-refractivity contribution in [3.05, 3.63) is 0 Å². The maximum absolute atomic E-state index is 13.2. The smallest absolute Gasteiger partial charge is 0.355 e. The predicted octanol–water partition coefficient (Wildman–Crippen LogP) is 1.67. The molecule has 0 aromatic carbocycles. The molecule has 138 valence electrons. The summed E-state index contributed by atoms with van der Waals surface area (Å²) in [6.07, 6.45) is -1.59. The molecule has 0 aromatic rings. The van der Waals surface area contributed by atoms with Crippen molar-refractivity contribution in [2.45, 2.75) is 44.7 Å². The second-order valence-electron chi connectivity index (χ2n) is 6.74. The standard InChI is InChI=1S/C16H26F3N3O2/c17-16(18,19)13-6-2-1-5-12(13)15(24)22-9-3-4-11(10-22)14(23)21-8-7-20/h11-13H,1-10,20H2,(H,21,23). The van der Waals surface area contributed by atoms with Crippen molar-refractivity contribution in [3.8, 4) is 0 Å². The average Bonchev–Trinajstić information content (AvgIpc) is 2.58. The van der Waals surface area contributed by atoms with E-state index in [-0.39, 0.29) is 31.2 Å². The van der Waals surface area contributed by atoms with E-state index in [0.29, 0.717) is 45.3 Å². The quantitative estimate of drug-likeness (QED) is 0.811. The molecule has 8 heteroatoms. The van der Waals surface area contributed by atoms with Crippen molar-refractivity contribution in [2.24, 2.45) is 23.5 Å². The number of alkyl halides is 3. The van der Waals surface area contributed by atoms with Crippen molar-refractivity contribution >= 4 is 11.8 Å². The van der Waals surface area contributed by atoms with Crippen molar-refractivity contribution in [2.75, 3.05) is 26.2 Å². The zero-order chi connectivity index (χ0) is 17.7. The summed E-state index contributed by atoms with van der Waals surface area (Å²) in [7, 11) is 0. The van der Waals surface area contributed by atoms with Gasteiger partial charge in [0.05, 0.1) is 11.8 Å². The molecule has 3 N–H and O–H groups in total. The molecular formula is C16H26F3N3O2. The van der Waals surface area contributed by atoms with Gasteiger partial charge in [-0.05, 0) is 25.7 Å². The Hall–Kier alpha value is -1.31. The van der Waals surface area contributed by atoms with Crippen molar-refractivity contribution < 1.29 is 22.8 Å². The number of carbonyl (C=O) groups excluding carboxylic acids is 2. The Balaban J connectivity index is 2.01. The lowest BCUT2D eigenvalue weighted by Gasteiger charge is -2.38. The number of amides is 2. The molecule has 1 heterocycles. The van der Waals surface area contributed by atoms with E-state index in [4.69, 9.17) is 5.73 Å². The van der Waals surface area contributed by atoms with Gasteiger partial charge in [-0.1, -0.05) is 12.8 Å². The van der Waals surface area contributed by atoms with Crippen LogP contribution in [0.3, 0.4) is 0 Å². The number of likely N-dealkylation sites (tertiary alicyclic amines) is 1. The molecule has 0 bridgehead atoms. The summed E-state index contributed by atoms with van der Waals surface area (Å²) >= 11 is 0. The number of carbonyl (C=O) groups is 2. The zero-order valence-electron chi connectivity index (χ0n) is 13.8. The van der Waals surface area contributed by atoms with Crippen LogP contribution in [-0.2, 0) is 9.59 Å². The van der Waals surface area contributed by atoms with Gasteiger partial charge >= 0.3 is 6.18 Å². The van der Waals surface area contributed by atoms with Crippen LogP contribution in [0.25, 0.3) is 0 Å². The highest BCUT2D eigenvalue weighted by molar-refractivity contribution is 5.82. The molecule has 0 radical (unpaired) electrons. The first-order chi connectivity index (χ1) is 11.3. The van der Waals surface area contributed by atoms with Gasteiger partial charge < -0.3 is 16.0 Å². The summed E-state index contributed by atoms with van der Waals surface area (Å²) < 4.78 is 39.6. The highest BCUT2D eigenvalue weighted by atomic mass is 19.4. The molecule has 1 saturated carbocycles. The average molecular weight is 349 g/mol. The third-order valence-corrected chi connectivity index (χ3v) is 5.05. The summed E-state index contributed by atoms with van der Waals surface area (Å²) in [6, 6.07) is 0. The number of hydrogen-bond donors (Lipinski definition) is 2. The molecule has 0 aromatic heterocycles. The summed E-state index contributed by atoms with van der Waals surface area (Å²) in [4.78, 5) is 26.2. The molecular weight excluding hydrogens is 323 g/mol. The van der Waals surface area contributed by atoms with Crippen LogP contribution in [0, 0.1) is 17.8 Å². The first-order valence-corrected chi connectivity index (χ1v) is 8.68. The molecule has 1 aliphatic heterocycles. The molecule has 24 heavy (non-hydrogen) atoms. The van der Waals surface area contributed by atoms with Crippen LogP contribution in [0.1, 0.15) is 38.5 Å². The fraction of sp³-hybridized carbons (Fsp3) is 0.875. The Morgan fingerprint density at radius 2 is 1.83 bits per heavy atom. The normalized spacial score (nSPS) is 28.5. The minimum Gasteiger partial charge on any atom is -0.355 e. The van der Waals surface area contributed by atoms with Gasteiger partial charge in [-0.3, -0.25) is 9.59 Å². The highest BCUT2D eigenvalue weighted by Crippen LogP contribution is 2.42. The van der Waals surface area contributed by atoms with Gasteiger partial charge in [0.25, 0.3) is 0 Å². The third-order valence-electron chi connectivity index (χ3n) is 5.05. The molecule has 2 fully saturated rings. The molecule has 2 aliphatic rings. The number of hydrogen-bond acceptors (Lipinski definition) is 3. The molecule has 2 rings (SSSR count). The van der Waals surface area contributed by atoms with E-state index in [1.807, 2.05) is 0 Å². The third kappa shape index (κ3) is 4.62. The Labute approximate surface area is 140 Å². The van der Waals surface area contributed by atoms with Crippen molar-refractivity contribution in [3.63, 3.8) is 0 Å². The van der Waals surface area contributed by atoms with Crippen LogP contribution < -0.4 is 11.1 Å². The SMILES string of the molecule is NCCNC(=O)C1CCCN(C(=O)C2CCCCC2C(F)(F)F)C1. The van der Waals surface area contributed by atoms with Crippen LogP contribution >= 0.6 is 0 Å². The van der Waals surface area contributed by atoms with E-state index < -0.39 is 23.9 Å². The summed E-state index contributed by atoms with van der Waals surface area (Å²) in [5.41, 5.74) is 5.35. The van der Waals surface area contributed by atoms with E-state index in [0.717, 1.165) is 0 Å². The lowest BCUT2D eigenvalue weighted by molar-refractivity contribution is -0.201. The van der Waals surface area contributed by atoms with E-state index in [2.05, 4.69) is 5.32 Å². The fourth-order valence-corrected chi connectivity index (χ4v) is 3.78. The van der Waals surface area contributed by atoms with E-state index >= 15 is 0 Å². The Morgan fingerprint density at radius 3 is 2.50 bits per heavy atom. The summed E-state index contributed by atoms with van der Waals surface area (Å²) in [6.45, 7) is 1.33. The Kier molecular flexibility index (Phi) is 6.48. The summed E-state index contributed by atoms with van der Waals surface area (Å²) in [5, 5.41) is 2.69. The lowest BCUT2D eigenvalue weighted by atomic mass is 9.77. The van der Waals surface area contributed by atoms with E-state index in [1.54, 1.807) is 0 Å². The largest absolute Gasteiger partial charge is 0.392 e. The van der Waals surface area contributed by atoms with Crippen molar-refractivity contribution in [1.82, 2.24) is 10.2 Å². The molecule has 0 spiro atoms. The molecule has 5 nitrogen and oxygen atoms in total. The number of nitrogens with zero attached hydrogens (tertiary/aromatic N) is 1. The van der Waals surface area contributed by atoms with Gasteiger partial charge in [-0.2, -0.15) is 13.2 Å². The van der Waals surface area contributed by atoms with Crippen molar-refractivity contribution in [1.29, 1.82) is 0 Å². The first kappa shape index (κ1) is 19.0. The monoisotopic (exact) mass is 349 g/mol.